The second kappa shape index (κ2) is 5.85. The van der Waals surface area contributed by atoms with Crippen molar-refractivity contribution >= 4 is 11.8 Å². The second-order valence-electron chi connectivity index (χ2n) is 3.79. The highest BCUT2D eigenvalue weighted by Gasteiger charge is 2.13. The summed E-state index contributed by atoms with van der Waals surface area (Å²) in [4.78, 5) is 19.1. The van der Waals surface area contributed by atoms with Crippen LogP contribution in [0.4, 0.5) is 5.82 Å². The molecule has 0 saturated heterocycles. The SMILES string of the molecule is C#CC(Nc1ccnc(C(=O)OC)n1)C(C)C. The van der Waals surface area contributed by atoms with Crippen LogP contribution in [0.15, 0.2) is 12.3 Å². The van der Waals surface area contributed by atoms with Gasteiger partial charge < -0.3 is 10.1 Å². The molecule has 17 heavy (non-hydrogen) atoms. The molecule has 0 aliphatic carbocycles. The van der Waals surface area contributed by atoms with E-state index in [1.54, 1.807) is 6.07 Å². The fourth-order valence-corrected chi connectivity index (χ4v) is 1.19. The van der Waals surface area contributed by atoms with Crippen molar-refractivity contribution in [1.82, 2.24) is 9.97 Å². The van der Waals surface area contributed by atoms with Gasteiger partial charge >= 0.3 is 5.97 Å². The van der Waals surface area contributed by atoms with Gasteiger partial charge in [-0.1, -0.05) is 19.8 Å². The van der Waals surface area contributed by atoms with Gasteiger partial charge in [-0.3, -0.25) is 0 Å². The van der Waals surface area contributed by atoms with Crippen LogP contribution in [0.25, 0.3) is 0 Å². The van der Waals surface area contributed by atoms with Gasteiger partial charge in [0.1, 0.15) is 5.82 Å². The van der Waals surface area contributed by atoms with Crippen LogP contribution in [0.2, 0.25) is 0 Å². The van der Waals surface area contributed by atoms with Gasteiger partial charge in [0.15, 0.2) is 0 Å². The largest absolute Gasteiger partial charge is 0.463 e. The number of ether oxygens (including phenoxy) is 1. The van der Waals surface area contributed by atoms with E-state index in [-0.39, 0.29) is 17.8 Å². The number of esters is 1. The number of terminal acetylenes is 1. The predicted molar refractivity (Wildman–Crippen MR) is 64.5 cm³/mol. The molecular formula is C12H15N3O2. The number of nitrogens with zero attached hydrogens (tertiary/aromatic N) is 2. The summed E-state index contributed by atoms with van der Waals surface area (Å²) in [5.74, 6) is 2.83. The Balaban J connectivity index is 2.86. The van der Waals surface area contributed by atoms with Gasteiger partial charge in [0, 0.05) is 6.20 Å². The van der Waals surface area contributed by atoms with Crippen LogP contribution >= 0.6 is 0 Å². The van der Waals surface area contributed by atoms with Gasteiger partial charge in [0.05, 0.1) is 13.2 Å². The first-order valence-electron chi connectivity index (χ1n) is 5.22. The molecule has 0 aliphatic heterocycles. The maximum absolute atomic E-state index is 11.2. The van der Waals surface area contributed by atoms with E-state index in [0.29, 0.717) is 5.82 Å². The average Bonchev–Trinajstić information content (AvgIpc) is 2.34. The number of carbonyl (C=O) groups is 1. The van der Waals surface area contributed by atoms with Crippen molar-refractivity contribution in [2.24, 2.45) is 5.92 Å². The van der Waals surface area contributed by atoms with Gasteiger partial charge in [-0.25, -0.2) is 14.8 Å². The van der Waals surface area contributed by atoms with Crippen molar-refractivity contribution in [3.8, 4) is 12.3 Å². The molecule has 1 heterocycles. The van der Waals surface area contributed by atoms with Crippen molar-refractivity contribution in [2.45, 2.75) is 19.9 Å². The highest BCUT2D eigenvalue weighted by atomic mass is 16.5. The molecule has 0 spiro atoms. The van der Waals surface area contributed by atoms with Crippen LogP contribution in [-0.2, 0) is 4.74 Å². The fraction of sp³-hybridized carbons (Fsp3) is 0.417. The molecule has 90 valence electrons. The number of aromatic nitrogens is 2. The van der Waals surface area contributed by atoms with Crippen LogP contribution in [0.1, 0.15) is 24.5 Å². The summed E-state index contributed by atoms with van der Waals surface area (Å²) in [6, 6.07) is 1.51. The lowest BCUT2D eigenvalue weighted by Crippen LogP contribution is -2.24. The van der Waals surface area contributed by atoms with Crippen LogP contribution in [0, 0.1) is 18.3 Å². The summed E-state index contributed by atoms with van der Waals surface area (Å²) >= 11 is 0. The third-order valence-electron chi connectivity index (χ3n) is 2.17. The number of nitrogens with one attached hydrogen (secondary N) is 1. The molecule has 1 aromatic rings. The molecule has 0 amide bonds. The third-order valence-corrected chi connectivity index (χ3v) is 2.17. The highest BCUT2D eigenvalue weighted by Crippen LogP contribution is 2.09. The lowest BCUT2D eigenvalue weighted by molar-refractivity contribution is 0.0587. The maximum Gasteiger partial charge on any atom is 0.376 e. The zero-order chi connectivity index (χ0) is 12.8. The van der Waals surface area contributed by atoms with Gasteiger partial charge in [0.2, 0.25) is 5.82 Å². The van der Waals surface area contributed by atoms with Crippen molar-refractivity contribution in [2.75, 3.05) is 12.4 Å². The van der Waals surface area contributed by atoms with Gasteiger partial charge in [-0.2, -0.15) is 0 Å². The lowest BCUT2D eigenvalue weighted by atomic mass is 10.1. The molecule has 1 aromatic heterocycles. The fourth-order valence-electron chi connectivity index (χ4n) is 1.19. The Morgan fingerprint density at radius 1 is 1.59 bits per heavy atom. The topological polar surface area (TPSA) is 64.1 Å². The van der Waals surface area contributed by atoms with Crippen molar-refractivity contribution < 1.29 is 9.53 Å². The maximum atomic E-state index is 11.2. The molecule has 1 rings (SSSR count). The minimum Gasteiger partial charge on any atom is -0.463 e. The Morgan fingerprint density at radius 3 is 2.82 bits per heavy atom. The molecule has 5 heteroatoms. The van der Waals surface area contributed by atoms with Gasteiger partial charge in [0.25, 0.3) is 0 Å². The van der Waals surface area contributed by atoms with Crippen molar-refractivity contribution in [3.05, 3.63) is 18.1 Å². The predicted octanol–water partition coefficient (Wildman–Crippen LogP) is 1.33. The first-order valence-corrected chi connectivity index (χ1v) is 5.22. The molecule has 1 N–H and O–H groups in total. The van der Waals surface area contributed by atoms with E-state index in [4.69, 9.17) is 6.42 Å². The Bertz CT molecular complexity index is 438. The van der Waals surface area contributed by atoms with Crippen LogP contribution in [0.3, 0.4) is 0 Å². The Labute approximate surface area is 101 Å². The lowest BCUT2D eigenvalue weighted by Gasteiger charge is -2.17. The molecule has 0 saturated carbocycles. The average molecular weight is 233 g/mol. The van der Waals surface area contributed by atoms with E-state index in [0.717, 1.165) is 0 Å². The molecule has 0 radical (unpaired) electrons. The molecular weight excluding hydrogens is 218 g/mol. The first-order chi connectivity index (χ1) is 8.08. The Hall–Kier alpha value is -2.09. The normalized spacial score (nSPS) is 11.7. The highest BCUT2D eigenvalue weighted by molar-refractivity contribution is 5.85. The quantitative estimate of drug-likeness (QED) is 0.628. The van der Waals surface area contributed by atoms with Crippen LogP contribution < -0.4 is 5.32 Å². The number of hydrogen-bond acceptors (Lipinski definition) is 5. The van der Waals surface area contributed by atoms with E-state index < -0.39 is 5.97 Å². The standard InChI is InChI=1S/C12H15N3O2/c1-5-9(8(2)3)14-10-6-7-13-11(15-10)12(16)17-4/h1,6-9H,2-4H3,(H,13,14,15). The summed E-state index contributed by atoms with van der Waals surface area (Å²) in [5, 5.41) is 3.05. The van der Waals surface area contributed by atoms with E-state index in [1.165, 1.54) is 13.3 Å². The Morgan fingerprint density at radius 2 is 2.29 bits per heavy atom. The number of anilines is 1. The van der Waals surface area contributed by atoms with Crippen molar-refractivity contribution in [1.29, 1.82) is 0 Å². The van der Waals surface area contributed by atoms with Crippen LogP contribution in [0.5, 0.6) is 0 Å². The Kier molecular flexibility index (Phi) is 4.46. The minimum atomic E-state index is -0.574. The first kappa shape index (κ1) is 13.0. The summed E-state index contributed by atoms with van der Waals surface area (Å²) in [5.41, 5.74) is 0. The number of carbonyl (C=O) groups excluding carboxylic acids is 1. The summed E-state index contributed by atoms with van der Waals surface area (Å²) in [7, 11) is 1.28. The molecule has 0 fully saturated rings. The number of methoxy groups -OCH3 is 1. The summed E-state index contributed by atoms with van der Waals surface area (Å²) < 4.78 is 4.54. The molecule has 0 aliphatic rings. The number of hydrogen-bond donors (Lipinski definition) is 1. The van der Waals surface area contributed by atoms with E-state index >= 15 is 0 Å². The van der Waals surface area contributed by atoms with E-state index in [2.05, 4.69) is 25.9 Å². The summed E-state index contributed by atoms with van der Waals surface area (Å²) in [6.45, 7) is 4.00. The summed E-state index contributed by atoms with van der Waals surface area (Å²) in [6.07, 6.45) is 6.88. The zero-order valence-corrected chi connectivity index (χ0v) is 10.1. The monoisotopic (exact) mass is 233 g/mol. The van der Waals surface area contributed by atoms with Crippen molar-refractivity contribution in [3.63, 3.8) is 0 Å². The van der Waals surface area contributed by atoms with Gasteiger partial charge in [-0.15, -0.1) is 6.42 Å². The van der Waals surface area contributed by atoms with Crippen LogP contribution in [-0.4, -0.2) is 29.1 Å². The minimum absolute atomic E-state index is 0.0111. The van der Waals surface area contributed by atoms with E-state index in [9.17, 15) is 4.79 Å². The van der Waals surface area contributed by atoms with Gasteiger partial charge in [-0.05, 0) is 12.0 Å². The zero-order valence-electron chi connectivity index (χ0n) is 10.1. The smallest absolute Gasteiger partial charge is 0.376 e. The van der Waals surface area contributed by atoms with E-state index in [1.807, 2.05) is 13.8 Å². The molecule has 0 aromatic carbocycles. The molecule has 0 bridgehead atoms. The molecule has 1 atom stereocenters. The third kappa shape index (κ3) is 3.45. The number of rotatable bonds is 4. The second-order valence-corrected chi connectivity index (χ2v) is 3.79. The molecule has 5 nitrogen and oxygen atoms in total. The molecule has 1 unspecified atom stereocenters.